The summed E-state index contributed by atoms with van der Waals surface area (Å²) in [6.07, 6.45) is 1.58. The summed E-state index contributed by atoms with van der Waals surface area (Å²) >= 11 is 0. The van der Waals surface area contributed by atoms with Gasteiger partial charge in [0.15, 0.2) is 0 Å². The first-order valence-corrected chi connectivity index (χ1v) is 12.7. The van der Waals surface area contributed by atoms with Gasteiger partial charge in [-0.15, -0.1) is 0 Å². The number of pyridine rings is 1. The summed E-state index contributed by atoms with van der Waals surface area (Å²) in [7, 11) is 0. The summed E-state index contributed by atoms with van der Waals surface area (Å²) in [5.74, 6) is -6.84. The number of hydrogen-bond donors (Lipinski definition) is 1. The van der Waals surface area contributed by atoms with Crippen molar-refractivity contribution in [2.24, 2.45) is 10.9 Å². The number of aromatic nitrogens is 1. The number of hydrogen-bond acceptors (Lipinski definition) is 4. The molecule has 2 aromatic rings. The van der Waals surface area contributed by atoms with E-state index in [1.54, 1.807) is 36.4 Å². The van der Waals surface area contributed by atoms with Crippen molar-refractivity contribution in [3.05, 3.63) is 77.4 Å². The predicted octanol–water partition coefficient (Wildman–Crippen LogP) is 4.05. The Morgan fingerprint density at radius 3 is 2.54 bits per heavy atom. The number of halogens is 4. The highest BCUT2D eigenvalue weighted by Crippen LogP contribution is 2.48. The second kappa shape index (κ2) is 10.7. The zero-order valence-electron chi connectivity index (χ0n) is 20.8. The molecule has 4 atom stereocenters. The van der Waals surface area contributed by atoms with Gasteiger partial charge in [0.1, 0.15) is 12.2 Å². The monoisotopic (exact) mass is 542 g/mol. The molecule has 0 spiro atoms. The third-order valence-electron chi connectivity index (χ3n) is 7.36. The number of rotatable bonds is 7. The maximum absolute atomic E-state index is 14.9. The second-order valence-electron chi connectivity index (χ2n) is 10.1. The van der Waals surface area contributed by atoms with Gasteiger partial charge in [-0.25, -0.2) is 23.1 Å². The Kier molecular flexibility index (Phi) is 7.33. The fourth-order valence-corrected chi connectivity index (χ4v) is 5.27. The van der Waals surface area contributed by atoms with Crippen molar-refractivity contribution in [3.63, 3.8) is 0 Å². The highest BCUT2D eigenvalue weighted by molar-refractivity contribution is 5.97. The molecular formula is C28H26F4N4O3. The SMILES string of the molecule is O=C1N=CC=CC1CC(=O)N1C[C@H](F)C[C@H]1C(=O)N[C@@H](c1ccccc1)c1ccc(C2CC(F)(F)C2)c(F)n1. The molecule has 2 aliphatic heterocycles. The molecule has 1 aromatic carbocycles. The summed E-state index contributed by atoms with van der Waals surface area (Å²) in [5.41, 5.74) is 0.779. The molecule has 1 saturated carbocycles. The molecule has 3 amide bonds. The van der Waals surface area contributed by atoms with Crippen LogP contribution in [-0.2, 0) is 14.4 Å². The lowest BCUT2D eigenvalue weighted by Crippen LogP contribution is -2.47. The number of carbonyl (C=O) groups is 3. The second-order valence-corrected chi connectivity index (χ2v) is 10.1. The molecular weight excluding hydrogens is 516 g/mol. The van der Waals surface area contributed by atoms with Gasteiger partial charge < -0.3 is 10.2 Å². The highest BCUT2D eigenvalue weighted by Gasteiger charge is 2.47. The number of amides is 3. The third-order valence-corrected chi connectivity index (χ3v) is 7.36. The zero-order chi connectivity index (χ0) is 27.7. The molecule has 0 radical (unpaired) electrons. The highest BCUT2D eigenvalue weighted by atomic mass is 19.3. The van der Waals surface area contributed by atoms with Crippen molar-refractivity contribution < 1.29 is 31.9 Å². The summed E-state index contributed by atoms with van der Waals surface area (Å²) in [6.45, 7) is -0.297. The molecule has 5 rings (SSSR count). The van der Waals surface area contributed by atoms with Crippen LogP contribution in [0, 0.1) is 11.9 Å². The van der Waals surface area contributed by atoms with E-state index in [1.165, 1.54) is 24.4 Å². The van der Waals surface area contributed by atoms with E-state index in [0.29, 0.717) is 5.56 Å². The van der Waals surface area contributed by atoms with Crippen molar-refractivity contribution in [2.45, 2.75) is 55.8 Å². The molecule has 0 bridgehead atoms. The van der Waals surface area contributed by atoms with Crippen molar-refractivity contribution >= 4 is 23.9 Å². The standard InChI is InChI=1S/C28H26F4N4O3/c29-19-12-22(36(15-19)23(37)11-17-7-4-10-33-26(17)38)27(39)35-24(16-5-2-1-3-6-16)21-9-8-20(25(30)34-21)18-13-28(31,32)14-18/h1-10,17-19,22,24H,11-15H2,(H,35,39)/t17?,19-,22+,24+/m1/s1. The largest absolute Gasteiger partial charge is 0.342 e. The van der Waals surface area contributed by atoms with E-state index in [2.05, 4.69) is 15.3 Å². The molecule has 3 heterocycles. The van der Waals surface area contributed by atoms with Gasteiger partial charge in [0, 0.05) is 37.5 Å². The molecule has 11 heteroatoms. The molecule has 3 aliphatic rings. The number of carbonyl (C=O) groups excluding carboxylic acids is 3. The van der Waals surface area contributed by atoms with Gasteiger partial charge >= 0.3 is 0 Å². The number of aliphatic imine (C=N–C) groups is 1. The molecule has 1 saturated heterocycles. The summed E-state index contributed by atoms with van der Waals surface area (Å²) in [4.78, 5) is 47.2. The van der Waals surface area contributed by atoms with Crippen LogP contribution in [-0.4, -0.2) is 58.5 Å². The van der Waals surface area contributed by atoms with Crippen LogP contribution in [0.1, 0.15) is 54.5 Å². The van der Waals surface area contributed by atoms with Crippen LogP contribution in [0.5, 0.6) is 0 Å². The Labute approximate surface area is 222 Å². The fourth-order valence-electron chi connectivity index (χ4n) is 5.27. The van der Waals surface area contributed by atoms with Crippen molar-refractivity contribution in [3.8, 4) is 0 Å². The summed E-state index contributed by atoms with van der Waals surface area (Å²) < 4.78 is 56.0. The van der Waals surface area contributed by atoms with Crippen LogP contribution in [0.25, 0.3) is 0 Å². The first kappa shape index (κ1) is 26.7. The van der Waals surface area contributed by atoms with Crippen LogP contribution < -0.4 is 5.32 Å². The van der Waals surface area contributed by atoms with Crippen molar-refractivity contribution in [1.82, 2.24) is 15.2 Å². The Hall–Kier alpha value is -3.89. The van der Waals surface area contributed by atoms with E-state index in [9.17, 15) is 31.9 Å². The van der Waals surface area contributed by atoms with Gasteiger partial charge in [0.25, 0.3) is 5.91 Å². The smallest absolute Gasteiger partial charge is 0.253 e. The van der Waals surface area contributed by atoms with Gasteiger partial charge in [-0.2, -0.15) is 4.39 Å². The van der Waals surface area contributed by atoms with Crippen molar-refractivity contribution in [1.29, 1.82) is 0 Å². The number of dihydropyridines is 1. The Morgan fingerprint density at radius 2 is 1.87 bits per heavy atom. The number of nitrogens with one attached hydrogen (secondary N) is 1. The number of allylic oxidation sites excluding steroid dienone is 1. The molecule has 39 heavy (non-hydrogen) atoms. The predicted molar refractivity (Wildman–Crippen MR) is 133 cm³/mol. The first-order chi connectivity index (χ1) is 18.6. The lowest BCUT2D eigenvalue weighted by atomic mass is 9.77. The van der Waals surface area contributed by atoms with Gasteiger partial charge in [0.2, 0.25) is 23.7 Å². The Bertz CT molecular complexity index is 1330. The Morgan fingerprint density at radius 1 is 1.13 bits per heavy atom. The minimum atomic E-state index is -2.82. The molecule has 7 nitrogen and oxygen atoms in total. The van der Waals surface area contributed by atoms with Crippen LogP contribution in [0.3, 0.4) is 0 Å². The summed E-state index contributed by atoms with van der Waals surface area (Å²) in [6, 6.07) is 9.37. The average molecular weight is 543 g/mol. The lowest BCUT2D eigenvalue weighted by molar-refractivity contribution is -0.140. The van der Waals surface area contributed by atoms with Crippen LogP contribution in [0.15, 0.2) is 59.6 Å². The quantitative estimate of drug-likeness (QED) is 0.422. The normalized spacial score (nSPS) is 24.9. The van der Waals surface area contributed by atoms with E-state index in [4.69, 9.17) is 0 Å². The van der Waals surface area contributed by atoms with E-state index in [1.807, 2.05) is 0 Å². The zero-order valence-corrected chi connectivity index (χ0v) is 20.8. The Balaban J connectivity index is 1.35. The molecule has 2 fully saturated rings. The minimum Gasteiger partial charge on any atom is -0.342 e. The van der Waals surface area contributed by atoms with Gasteiger partial charge in [-0.05, 0) is 23.6 Å². The first-order valence-electron chi connectivity index (χ1n) is 12.7. The molecule has 1 aromatic heterocycles. The molecule has 1 unspecified atom stereocenters. The number of nitrogens with zero attached hydrogens (tertiary/aromatic N) is 3. The number of benzene rings is 1. The average Bonchev–Trinajstić information content (AvgIpc) is 3.29. The maximum Gasteiger partial charge on any atom is 0.253 e. The van der Waals surface area contributed by atoms with Crippen LogP contribution >= 0.6 is 0 Å². The maximum atomic E-state index is 14.9. The molecule has 1 N–H and O–H groups in total. The van der Waals surface area contributed by atoms with E-state index < -0.39 is 72.5 Å². The molecule has 1 aliphatic carbocycles. The van der Waals surface area contributed by atoms with E-state index in [0.717, 1.165) is 4.90 Å². The van der Waals surface area contributed by atoms with Gasteiger partial charge in [-0.3, -0.25) is 14.4 Å². The number of likely N-dealkylation sites (tertiary alicyclic amines) is 1. The van der Waals surface area contributed by atoms with Gasteiger partial charge in [0.05, 0.1) is 24.2 Å². The fraction of sp³-hybridized carbons (Fsp3) is 0.393. The third kappa shape index (κ3) is 5.76. The van der Waals surface area contributed by atoms with E-state index in [-0.39, 0.29) is 30.6 Å². The molecule has 204 valence electrons. The van der Waals surface area contributed by atoms with Crippen LogP contribution in [0.2, 0.25) is 0 Å². The van der Waals surface area contributed by atoms with Crippen molar-refractivity contribution in [2.75, 3.05) is 6.54 Å². The number of alkyl halides is 3. The summed E-state index contributed by atoms with van der Waals surface area (Å²) in [5, 5.41) is 2.77. The minimum absolute atomic E-state index is 0.0892. The topological polar surface area (TPSA) is 91.7 Å². The van der Waals surface area contributed by atoms with Crippen LogP contribution in [0.4, 0.5) is 17.6 Å². The van der Waals surface area contributed by atoms with E-state index >= 15 is 0 Å². The van der Waals surface area contributed by atoms with Gasteiger partial charge in [-0.1, -0.05) is 42.5 Å². The lowest BCUT2D eigenvalue weighted by Gasteiger charge is -2.35.